The van der Waals surface area contributed by atoms with Crippen molar-refractivity contribution in [2.75, 3.05) is 5.32 Å². The number of rotatable bonds is 3. The summed E-state index contributed by atoms with van der Waals surface area (Å²) in [6.45, 7) is 0. The van der Waals surface area contributed by atoms with Gasteiger partial charge in [0.05, 0.1) is 33.3 Å². The molecule has 0 spiro atoms. The van der Waals surface area contributed by atoms with Crippen LogP contribution in [0.2, 0.25) is 0 Å². The Balaban J connectivity index is 1.63. The minimum absolute atomic E-state index is 0.0284. The van der Waals surface area contributed by atoms with Gasteiger partial charge < -0.3 is 5.32 Å². The van der Waals surface area contributed by atoms with Gasteiger partial charge in [-0.2, -0.15) is 5.26 Å². The summed E-state index contributed by atoms with van der Waals surface area (Å²) in [7, 11) is 0. The third kappa shape index (κ3) is 3.47. The van der Waals surface area contributed by atoms with Gasteiger partial charge in [0.15, 0.2) is 0 Å². The van der Waals surface area contributed by atoms with E-state index in [1.54, 1.807) is 12.1 Å². The fraction of sp³-hybridized carbons (Fsp3) is 0. The minimum Gasteiger partial charge on any atom is -0.352 e. The first-order valence-corrected chi connectivity index (χ1v) is 11.4. The molecule has 0 radical (unpaired) electrons. The summed E-state index contributed by atoms with van der Waals surface area (Å²) < 4.78 is 0. The van der Waals surface area contributed by atoms with E-state index in [0.29, 0.717) is 22.5 Å². The number of benzene rings is 5. The molecular weight excluding hydrogens is 448 g/mol. The van der Waals surface area contributed by atoms with Crippen molar-refractivity contribution in [1.29, 1.82) is 5.26 Å². The Labute approximate surface area is 206 Å². The van der Waals surface area contributed by atoms with Crippen LogP contribution in [0.15, 0.2) is 114 Å². The number of nitro groups is 1. The van der Waals surface area contributed by atoms with Crippen LogP contribution in [0.5, 0.6) is 0 Å². The number of nitro benzene ring substituents is 1. The number of allylic oxidation sites excluding steroid dienone is 2. The van der Waals surface area contributed by atoms with Crippen molar-refractivity contribution < 1.29 is 4.92 Å². The predicted octanol–water partition coefficient (Wildman–Crippen LogP) is 7.38. The van der Waals surface area contributed by atoms with Crippen molar-refractivity contribution in [3.8, 4) is 6.07 Å². The van der Waals surface area contributed by atoms with Gasteiger partial charge in [0, 0.05) is 28.5 Å². The van der Waals surface area contributed by atoms with Crippen molar-refractivity contribution in [3.05, 3.63) is 130 Å². The summed E-state index contributed by atoms with van der Waals surface area (Å²) in [5.41, 5.74) is 4.72. The second-order valence-corrected chi connectivity index (χ2v) is 8.46. The number of hydrogen-bond donors (Lipinski definition) is 1. The first kappa shape index (κ1) is 21.3. The first-order valence-electron chi connectivity index (χ1n) is 11.4. The normalized spacial score (nSPS) is 14.9. The van der Waals surface area contributed by atoms with Crippen molar-refractivity contribution in [2.45, 2.75) is 0 Å². The van der Waals surface area contributed by atoms with Crippen LogP contribution in [-0.4, -0.2) is 10.6 Å². The molecule has 0 saturated heterocycles. The molecule has 1 heterocycles. The van der Waals surface area contributed by atoms with E-state index < -0.39 is 4.92 Å². The van der Waals surface area contributed by atoms with E-state index >= 15 is 0 Å². The standard InChI is InChI=1S/C30H18N4O2/c31-18-26(21-12-15-22(16-13-21)34(35)36)30-29(32-27-11-5-8-19-6-1-3-9-23(19)27)25-17-14-20-7-2-4-10-24(20)28(25)33-30/h1-17,33H/b30-26-,32-29?. The fourth-order valence-electron chi connectivity index (χ4n) is 4.66. The molecule has 6 rings (SSSR count). The van der Waals surface area contributed by atoms with E-state index in [9.17, 15) is 15.4 Å². The Morgan fingerprint density at radius 2 is 1.47 bits per heavy atom. The smallest absolute Gasteiger partial charge is 0.269 e. The van der Waals surface area contributed by atoms with Crippen LogP contribution >= 0.6 is 0 Å². The summed E-state index contributed by atoms with van der Waals surface area (Å²) in [5, 5.41) is 29.0. The van der Waals surface area contributed by atoms with Crippen molar-refractivity contribution in [1.82, 2.24) is 0 Å². The monoisotopic (exact) mass is 466 g/mol. The van der Waals surface area contributed by atoms with E-state index in [1.807, 2.05) is 72.8 Å². The number of nitrogens with one attached hydrogen (secondary N) is 1. The summed E-state index contributed by atoms with van der Waals surface area (Å²) >= 11 is 0. The molecule has 1 N–H and O–H groups in total. The number of nitriles is 1. The van der Waals surface area contributed by atoms with E-state index in [-0.39, 0.29) is 5.69 Å². The van der Waals surface area contributed by atoms with E-state index in [0.717, 1.165) is 38.5 Å². The molecular formula is C30H18N4O2. The van der Waals surface area contributed by atoms with Crippen LogP contribution in [0.3, 0.4) is 0 Å². The molecule has 0 aromatic heterocycles. The molecule has 5 aromatic rings. The third-order valence-electron chi connectivity index (χ3n) is 6.40. The molecule has 0 unspecified atom stereocenters. The molecule has 36 heavy (non-hydrogen) atoms. The van der Waals surface area contributed by atoms with Gasteiger partial charge in [0.2, 0.25) is 0 Å². The van der Waals surface area contributed by atoms with Gasteiger partial charge in [0.1, 0.15) is 6.07 Å². The van der Waals surface area contributed by atoms with Gasteiger partial charge in [-0.1, -0.05) is 66.7 Å². The van der Waals surface area contributed by atoms with Gasteiger partial charge in [-0.05, 0) is 40.6 Å². The zero-order chi connectivity index (χ0) is 24.6. The van der Waals surface area contributed by atoms with Gasteiger partial charge in [-0.15, -0.1) is 0 Å². The minimum atomic E-state index is -0.452. The molecule has 0 aliphatic carbocycles. The molecule has 5 aromatic carbocycles. The van der Waals surface area contributed by atoms with E-state index in [4.69, 9.17) is 4.99 Å². The number of non-ortho nitro benzene ring substituents is 1. The Bertz CT molecular complexity index is 1790. The van der Waals surface area contributed by atoms with Gasteiger partial charge in [-0.3, -0.25) is 10.1 Å². The maximum atomic E-state index is 11.1. The number of nitrogens with zero attached hydrogens (tertiary/aromatic N) is 3. The molecule has 0 amide bonds. The van der Waals surface area contributed by atoms with Crippen LogP contribution < -0.4 is 5.32 Å². The predicted molar refractivity (Wildman–Crippen MR) is 143 cm³/mol. The summed E-state index contributed by atoms with van der Waals surface area (Å²) in [6, 6.07) is 34.5. The van der Waals surface area contributed by atoms with Crippen LogP contribution in [0.1, 0.15) is 11.1 Å². The molecule has 170 valence electrons. The van der Waals surface area contributed by atoms with Crippen molar-refractivity contribution in [3.63, 3.8) is 0 Å². The zero-order valence-corrected chi connectivity index (χ0v) is 19.0. The zero-order valence-electron chi connectivity index (χ0n) is 19.0. The van der Waals surface area contributed by atoms with Crippen LogP contribution in [0.25, 0.3) is 27.1 Å². The molecule has 1 aliphatic heterocycles. The summed E-state index contributed by atoms with van der Waals surface area (Å²) in [4.78, 5) is 15.8. The van der Waals surface area contributed by atoms with Crippen LogP contribution in [-0.2, 0) is 0 Å². The van der Waals surface area contributed by atoms with Gasteiger partial charge in [-0.25, -0.2) is 4.99 Å². The second kappa shape index (κ2) is 8.49. The Morgan fingerprint density at radius 1 is 0.806 bits per heavy atom. The fourth-order valence-corrected chi connectivity index (χ4v) is 4.66. The lowest BCUT2D eigenvalue weighted by Gasteiger charge is -2.08. The molecule has 1 aliphatic rings. The molecule has 0 fully saturated rings. The number of anilines is 1. The van der Waals surface area contributed by atoms with Crippen LogP contribution in [0.4, 0.5) is 17.1 Å². The lowest BCUT2D eigenvalue weighted by atomic mass is 9.99. The van der Waals surface area contributed by atoms with E-state index in [2.05, 4.69) is 17.5 Å². The average molecular weight is 467 g/mol. The Hall–Kier alpha value is -5.28. The maximum absolute atomic E-state index is 11.1. The van der Waals surface area contributed by atoms with Crippen LogP contribution in [0, 0.1) is 21.4 Å². The first-order chi connectivity index (χ1) is 17.6. The lowest BCUT2D eigenvalue weighted by molar-refractivity contribution is -0.384. The molecule has 0 bridgehead atoms. The molecule has 0 atom stereocenters. The van der Waals surface area contributed by atoms with Gasteiger partial charge >= 0.3 is 0 Å². The number of fused-ring (bicyclic) bond motifs is 4. The summed E-state index contributed by atoms with van der Waals surface area (Å²) in [6.07, 6.45) is 0. The largest absolute Gasteiger partial charge is 0.352 e. The highest BCUT2D eigenvalue weighted by molar-refractivity contribution is 6.29. The molecule has 6 heteroatoms. The number of aliphatic imine (C=N–C) groups is 1. The third-order valence-corrected chi connectivity index (χ3v) is 6.40. The number of hydrogen-bond acceptors (Lipinski definition) is 5. The molecule has 0 saturated carbocycles. The Kier molecular flexibility index (Phi) is 5.02. The Morgan fingerprint density at radius 3 is 2.19 bits per heavy atom. The van der Waals surface area contributed by atoms with E-state index in [1.165, 1.54) is 12.1 Å². The maximum Gasteiger partial charge on any atom is 0.269 e. The second-order valence-electron chi connectivity index (χ2n) is 8.46. The van der Waals surface area contributed by atoms with Crippen molar-refractivity contribution in [2.24, 2.45) is 4.99 Å². The van der Waals surface area contributed by atoms with Gasteiger partial charge in [0.25, 0.3) is 5.69 Å². The average Bonchev–Trinajstić information content (AvgIpc) is 3.28. The SMILES string of the molecule is N#C/C(=C1/Nc2c(ccc3ccccc23)C1=Nc1cccc2ccccc12)c1ccc([N+](=O)[O-])cc1. The molecule has 6 nitrogen and oxygen atoms in total. The topological polar surface area (TPSA) is 91.3 Å². The highest BCUT2D eigenvalue weighted by Gasteiger charge is 2.28. The highest BCUT2D eigenvalue weighted by atomic mass is 16.6. The lowest BCUT2D eigenvalue weighted by Crippen LogP contribution is -2.06. The highest BCUT2D eigenvalue weighted by Crippen LogP contribution is 2.40. The van der Waals surface area contributed by atoms with Crippen molar-refractivity contribution >= 4 is 49.9 Å². The summed E-state index contributed by atoms with van der Waals surface area (Å²) in [5.74, 6) is 0. The quantitative estimate of drug-likeness (QED) is 0.171.